The molecule has 1 saturated heterocycles. The average Bonchev–Trinajstić information content (AvgIpc) is 2.77. The van der Waals surface area contributed by atoms with Crippen molar-refractivity contribution in [3.63, 3.8) is 0 Å². The fraction of sp³-hybridized carbons (Fsp3) is 0.533. The number of rotatable bonds is 2. The molecule has 0 aromatic heterocycles. The highest BCUT2D eigenvalue weighted by atomic mass is 79.9. The molecule has 1 aromatic carbocycles. The highest BCUT2D eigenvalue weighted by molar-refractivity contribution is 9.10. The van der Waals surface area contributed by atoms with E-state index in [9.17, 15) is 14.3 Å². The third-order valence-electron chi connectivity index (χ3n) is 3.97. The number of carbonyl (C=O) groups is 1. The van der Waals surface area contributed by atoms with Crippen LogP contribution in [0.25, 0.3) is 0 Å². The van der Waals surface area contributed by atoms with E-state index in [2.05, 4.69) is 41.6 Å². The summed E-state index contributed by atoms with van der Waals surface area (Å²) in [6.45, 7) is 7.31. The van der Waals surface area contributed by atoms with Crippen molar-refractivity contribution >= 4 is 21.9 Å². The van der Waals surface area contributed by atoms with E-state index >= 15 is 0 Å². The molecule has 20 heavy (non-hydrogen) atoms. The summed E-state index contributed by atoms with van der Waals surface area (Å²) in [5.74, 6) is -1.87. The first-order valence-corrected chi connectivity index (χ1v) is 7.43. The topological polar surface area (TPSA) is 40.5 Å². The molecule has 0 amide bonds. The zero-order chi connectivity index (χ0) is 15.1. The highest BCUT2D eigenvalue weighted by Gasteiger charge is 2.42. The van der Waals surface area contributed by atoms with Gasteiger partial charge < -0.3 is 5.11 Å². The molecular formula is C15H19BrFNO2. The summed E-state index contributed by atoms with van der Waals surface area (Å²) in [7, 11) is 0. The normalized spacial score (nSPS) is 24.1. The fourth-order valence-electron chi connectivity index (χ4n) is 2.72. The summed E-state index contributed by atoms with van der Waals surface area (Å²) >= 11 is 3.25. The minimum Gasteiger partial charge on any atom is -0.481 e. The lowest BCUT2D eigenvalue weighted by Gasteiger charge is -2.31. The summed E-state index contributed by atoms with van der Waals surface area (Å²) in [6.07, 6.45) is 0. The Bertz CT molecular complexity index is 527. The molecule has 0 saturated carbocycles. The number of benzene rings is 1. The van der Waals surface area contributed by atoms with E-state index in [0.29, 0.717) is 17.6 Å². The molecule has 1 aromatic rings. The van der Waals surface area contributed by atoms with Gasteiger partial charge in [-0.2, -0.15) is 0 Å². The second kappa shape index (κ2) is 5.45. The maximum absolute atomic E-state index is 13.7. The molecule has 0 bridgehead atoms. The first-order chi connectivity index (χ1) is 9.21. The number of aliphatic carboxylic acids is 1. The molecule has 0 radical (unpaired) electrons. The lowest BCUT2D eigenvalue weighted by molar-refractivity contribution is -0.141. The third kappa shape index (κ3) is 2.88. The number of hydrogen-bond acceptors (Lipinski definition) is 2. The van der Waals surface area contributed by atoms with Crippen LogP contribution in [0.4, 0.5) is 4.39 Å². The van der Waals surface area contributed by atoms with E-state index in [0.717, 1.165) is 5.56 Å². The fourth-order valence-corrected chi connectivity index (χ4v) is 3.28. The van der Waals surface area contributed by atoms with Gasteiger partial charge in [-0.15, -0.1) is 0 Å². The average molecular weight is 344 g/mol. The molecule has 3 nitrogen and oxygen atoms in total. The highest BCUT2D eigenvalue weighted by Crippen LogP contribution is 2.39. The monoisotopic (exact) mass is 343 g/mol. The zero-order valence-electron chi connectivity index (χ0n) is 11.9. The minimum absolute atomic E-state index is 0.0950. The van der Waals surface area contributed by atoms with Crippen LogP contribution in [0.2, 0.25) is 0 Å². The molecule has 1 fully saturated rings. The zero-order valence-corrected chi connectivity index (χ0v) is 13.4. The van der Waals surface area contributed by atoms with E-state index in [-0.39, 0.29) is 17.3 Å². The van der Waals surface area contributed by atoms with Crippen molar-refractivity contribution in [1.82, 2.24) is 4.90 Å². The molecular weight excluding hydrogens is 325 g/mol. The summed E-state index contributed by atoms with van der Waals surface area (Å²) in [6, 6.07) is 4.81. The molecule has 0 unspecified atom stereocenters. The summed E-state index contributed by atoms with van der Waals surface area (Å²) in [5, 5.41) is 9.45. The van der Waals surface area contributed by atoms with Gasteiger partial charge in [-0.25, -0.2) is 4.39 Å². The van der Waals surface area contributed by atoms with Crippen molar-refractivity contribution < 1.29 is 14.3 Å². The van der Waals surface area contributed by atoms with Crippen molar-refractivity contribution in [2.24, 2.45) is 5.92 Å². The first-order valence-electron chi connectivity index (χ1n) is 6.63. The van der Waals surface area contributed by atoms with E-state index in [1.54, 1.807) is 12.1 Å². The summed E-state index contributed by atoms with van der Waals surface area (Å²) < 4.78 is 14.1. The Morgan fingerprint density at radius 3 is 2.60 bits per heavy atom. The van der Waals surface area contributed by atoms with Crippen LogP contribution in [0, 0.1) is 11.7 Å². The Morgan fingerprint density at radius 2 is 2.05 bits per heavy atom. The lowest BCUT2D eigenvalue weighted by Crippen LogP contribution is -2.40. The van der Waals surface area contributed by atoms with E-state index in [4.69, 9.17) is 0 Å². The van der Waals surface area contributed by atoms with Gasteiger partial charge in [0.05, 0.1) is 10.4 Å². The van der Waals surface area contributed by atoms with Crippen molar-refractivity contribution in [2.45, 2.75) is 32.2 Å². The minimum atomic E-state index is -0.821. The van der Waals surface area contributed by atoms with Gasteiger partial charge in [0.25, 0.3) is 0 Å². The number of nitrogens with zero attached hydrogens (tertiary/aromatic N) is 1. The van der Waals surface area contributed by atoms with Crippen LogP contribution in [-0.2, 0) is 4.79 Å². The molecule has 0 spiro atoms. The molecule has 110 valence electrons. The quantitative estimate of drug-likeness (QED) is 0.893. The second-order valence-electron chi connectivity index (χ2n) is 6.27. The predicted octanol–water partition coefficient (Wildman–Crippen LogP) is 3.49. The van der Waals surface area contributed by atoms with Gasteiger partial charge in [0.2, 0.25) is 0 Å². The second-order valence-corrected chi connectivity index (χ2v) is 7.06. The Hall–Kier alpha value is -0.940. The molecule has 5 heteroatoms. The molecule has 1 N–H and O–H groups in total. The van der Waals surface area contributed by atoms with Crippen molar-refractivity contribution in [3.05, 3.63) is 34.1 Å². The molecule has 2 rings (SSSR count). The van der Waals surface area contributed by atoms with Crippen LogP contribution in [0.3, 0.4) is 0 Å². The Kier molecular flexibility index (Phi) is 4.21. The maximum Gasteiger partial charge on any atom is 0.308 e. The first kappa shape index (κ1) is 15.4. The Morgan fingerprint density at radius 1 is 1.40 bits per heavy atom. The summed E-state index contributed by atoms with van der Waals surface area (Å²) in [4.78, 5) is 13.7. The van der Waals surface area contributed by atoms with Crippen molar-refractivity contribution in [2.75, 3.05) is 13.1 Å². The van der Waals surface area contributed by atoms with Gasteiger partial charge in [0, 0.05) is 24.5 Å². The maximum atomic E-state index is 13.7. The number of carboxylic acids is 1. The smallest absolute Gasteiger partial charge is 0.308 e. The molecule has 0 aliphatic carbocycles. The molecule has 1 aliphatic rings. The van der Waals surface area contributed by atoms with Crippen molar-refractivity contribution in [1.29, 1.82) is 0 Å². The van der Waals surface area contributed by atoms with Gasteiger partial charge in [-0.05, 0) is 48.3 Å². The van der Waals surface area contributed by atoms with Gasteiger partial charge in [-0.3, -0.25) is 9.69 Å². The lowest BCUT2D eigenvalue weighted by atomic mass is 9.89. The van der Waals surface area contributed by atoms with Crippen LogP contribution in [0.5, 0.6) is 0 Å². The predicted molar refractivity (Wildman–Crippen MR) is 79.3 cm³/mol. The van der Waals surface area contributed by atoms with Crippen molar-refractivity contribution in [3.8, 4) is 0 Å². The number of likely N-dealkylation sites (tertiary alicyclic amines) is 1. The Balaban J connectivity index is 2.38. The molecule has 2 atom stereocenters. The van der Waals surface area contributed by atoms with Crippen LogP contribution < -0.4 is 0 Å². The van der Waals surface area contributed by atoms with Gasteiger partial charge in [0.1, 0.15) is 5.82 Å². The third-order valence-corrected chi connectivity index (χ3v) is 4.80. The number of halogens is 2. The SMILES string of the molecule is CC(C)(C)N1C[C@@H](C(=O)O)[C@H](c2cccc(F)c2Br)C1. The number of carboxylic acid groups (broad SMARTS) is 1. The van der Waals surface area contributed by atoms with Crippen LogP contribution in [0.1, 0.15) is 32.3 Å². The van der Waals surface area contributed by atoms with Crippen LogP contribution in [-0.4, -0.2) is 34.6 Å². The molecule has 1 heterocycles. The van der Waals surface area contributed by atoms with E-state index < -0.39 is 11.9 Å². The molecule has 1 aliphatic heterocycles. The number of hydrogen-bond donors (Lipinski definition) is 1. The van der Waals surface area contributed by atoms with Crippen LogP contribution >= 0.6 is 15.9 Å². The van der Waals surface area contributed by atoms with E-state index in [1.807, 2.05) is 0 Å². The van der Waals surface area contributed by atoms with Crippen LogP contribution in [0.15, 0.2) is 22.7 Å². The van der Waals surface area contributed by atoms with Gasteiger partial charge in [-0.1, -0.05) is 12.1 Å². The standard InChI is InChI=1S/C15H19BrFNO2/c1-15(2,3)18-7-10(11(8-18)14(19)20)9-5-4-6-12(17)13(9)16/h4-6,10-11H,7-8H2,1-3H3,(H,19,20)/t10-,11+/m0/s1. The Labute approximate surface area is 126 Å². The largest absolute Gasteiger partial charge is 0.481 e. The van der Waals surface area contributed by atoms with E-state index in [1.165, 1.54) is 6.07 Å². The van der Waals surface area contributed by atoms with Gasteiger partial charge >= 0.3 is 5.97 Å². The summed E-state index contributed by atoms with van der Waals surface area (Å²) in [5.41, 5.74) is 0.645. The van der Waals surface area contributed by atoms with Gasteiger partial charge in [0.15, 0.2) is 0 Å².